The molecule has 0 aromatic carbocycles. The maximum absolute atomic E-state index is 11.0. The van der Waals surface area contributed by atoms with Crippen molar-refractivity contribution in [1.29, 1.82) is 0 Å². The second-order valence-electron chi connectivity index (χ2n) is 2.21. The minimum Gasteiger partial charge on any atom is -0.330 e. The van der Waals surface area contributed by atoms with Gasteiger partial charge in [0.25, 0.3) is 0 Å². The summed E-state index contributed by atoms with van der Waals surface area (Å²) in [5.74, 6) is 5.57. The molecule has 0 spiro atoms. The Morgan fingerprint density at radius 3 is 2.92 bits per heavy atom. The Labute approximate surface area is 74.5 Å². The predicted molar refractivity (Wildman–Crippen MR) is 50.2 cm³/mol. The van der Waals surface area contributed by atoms with Gasteiger partial charge in [-0.05, 0) is 18.0 Å². The fourth-order valence-corrected chi connectivity index (χ4v) is 1.47. The second kappa shape index (κ2) is 8.67. The van der Waals surface area contributed by atoms with Gasteiger partial charge >= 0.3 is 8.03 Å². The van der Waals surface area contributed by atoms with Crippen LogP contribution in [0.2, 0.25) is 0 Å². The molecule has 0 rings (SSSR count). The van der Waals surface area contributed by atoms with Crippen molar-refractivity contribution in [2.24, 2.45) is 5.73 Å². The molecule has 0 saturated carbocycles. The lowest BCUT2D eigenvalue weighted by atomic mass is 10.5. The standard InChI is InChI=1S/C8H15NO2P/c1-2-3-4-7-11-12(10)8-5-6-9/h4-9H2,1H3/q+1. The smallest absolute Gasteiger partial charge is 0.330 e. The zero-order chi connectivity index (χ0) is 9.23. The SMILES string of the molecule is CC#CCCO[P+](=O)CCCN. The number of hydrogen-bond acceptors (Lipinski definition) is 3. The van der Waals surface area contributed by atoms with Gasteiger partial charge in [0.15, 0.2) is 6.16 Å². The molecule has 0 aromatic rings. The minimum atomic E-state index is -1.50. The Hall–Kier alpha value is -0.420. The molecule has 12 heavy (non-hydrogen) atoms. The van der Waals surface area contributed by atoms with Gasteiger partial charge in [-0.1, -0.05) is 0 Å². The molecule has 0 heterocycles. The number of nitrogens with two attached hydrogens (primary N) is 1. The highest BCUT2D eigenvalue weighted by molar-refractivity contribution is 7.39. The van der Waals surface area contributed by atoms with E-state index in [4.69, 9.17) is 10.3 Å². The lowest BCUT2D eigenvalue weighted by Crippen LogP contribution is -2.00. The van der Waals surface area contributed by atoms with Crippen molar-refractivity contribution in [1.82, 2.24) is 0 Å². The van der Waals surface area contributed by atoms with Crippen LogP contribution < -0.4 is 5.73 Å². The average Bonchev–Trinajstić information content (AvgIpc) is 2.09. The first-order chi connectivity index (χ1) is 5.81. The van der Waals surface area contributed by atoms with E-state index in [-0.39, 0.29) is 0 Å². The Balaban J connectivity index is 3.23. The van der Waals surface area contributed by atoms with E-state index in [1.165, 1.54) is 0 Å². The summed E-state index contributed by atoms with van der Waals surface area (Å²) in [6.45, 7) is 2.80. The monoisotopic (exact) mass is 188 g/mol. The quantitative estimate of drug-likeness (QED) is 0.390. The third kappa shape index (κ3) is 7.68. The molecule has 68 valence electrons. The predicted octanol–water partition coefficient (Wildman–Crippen LogP) is 1.51. The summed E-state index contributed by atoms with van der Waals surface area (Å²) in [5.41, 5.74) is 5.25. The van der Waals surface area contributed by atoms with Crippen LogP contribution in [-0.2, 0) is 9.09 Å². The largest absolute Gasteiger partial charge is 0.508 e. The van der Waals surface area contributed by atoms with Gasteiger partial charge in [-0.3, -0.25) is 0 Å². The van der Waals surface area contributed by atoms with Gasteiger partial charge in [0.05, 0.1) is 0 Å². The maximum atomic E-state index is 11.0. The Bertz CT molecular complexity index is 183. The molecule has 0 fully saturated rings. The average molecular weight is 188 g/mol. The van der Waals surface area contributed by atoms with Crippen molar-refractivity contribution in [3.05, 3.63) is 0 Å². The highest BCUT2D eigenvalue weighted by atomic mass is 31.1. The van der Waals surface area contributed by atoms with E-state index in [9.17, 15) is 4.57 Å². The first kappa shape index (κ1) is 11.6. The van der Waals surface area contributed by atoms with Crippen LogP contribution in [0.1, 0.15) is 19.8 Å². The van der Waals surface area contributed by atoms with E-state index >= 15 is 0 Å². The zero-order valence-electron chi connectivity index (χ0n) is 7.38. The first-order valence-corrected chi connectivity index (χ1v) is 5.34. The molecule has 0 bridgehead atoms. The van der Waals surface area contributed by atoms with E-state index in [1.807, 2.05) is 0 Å². The summed E-state index contributed by atoms with van der Waals surface area (Å²) < 4.78 is 16.0. The van der Waals surface area contributed by atoms with Crippen LogP contribution in [0.15, 0.2) is 0 Å². The van der Waals surface area contributed by atoms with E-state index < -0.39 is 8.03 Å². The molecular weight excluding hydrogens is 173 g/mol. The molecule has 0 amide bonds. The topological polar surface area (TPSA) is 52.3 Å². The second-order valence-corrected chi connectivity index (χ2v) is 3.58. The van der Waals surface area contributed by atoms with Gasteiger partial charge in [-0.2, -0.15) is 0 Å². The fraction of sp³-hybridized carbons (Fsp3) is 0.750. The van der Waals surface area contributed by atoms with Gasteiger partial charge in [-0.25, -0.2) is 0 Å². The highest BCUT2D eigenvalue weighted by Gasteiger charge is 2.14. The molecular formula is C8H15NO2P+. The Morgan fingerprint density at radius 1 is 1.58 bits per heavy atom. The molecule has 4 heteroatoms. The molecule has 0 aliphatic heterocycles. The summed E-state index contributed by atoms with van der Waals surface area (Å²) in [6, 6.07) is 0. The van der Waals surface area contributed by atoms with Crippen molar-refractivity contribution in [2.75, 3.05) is 19.3 Å². The van der Waals surface area contributed by atoms with Crippen molar-refractivity contribution in [3.63, 3.8) is 0 Å². The van der Waals surface area contributed by atoms with Gasteiger partial charge in [0, 0.05) is 12.8 Å². The van der Waals surface area contributed by atoms with Crippen molar-refractivity contribution < 1.29 is 9.09 Å². The molecule has 1 unspecified atom stereocenters. The highest BCUT2D eigenvalue weighted by Crippen LogP contribution is 2.22. The lowest BCUT2D eigenvalue weighted by Gasteiger charge is -1.86. The molecule has 0 aliphatic carbocycles. The molecule has 3 nitrogen and oxygen atoms in total. The van der Waals surface area contributed by atoms with Crippen LogP contribution >= 0.6 is 8.03 Å². The molecule has 0 aromatic heterocycles. The summed E-state index contributed by atoms with van der Waals surface area (Å²) >= 11 is 0. The minimum absolute atomic E-state index is 0.459. The molecule has 0 aliphatic rings. The fourth-order valence-electron chi connectivity index (χ4n) is 0.608. The third-order valence-electron chi connectivity index (χ3n) is 1.18. The molecule has 2 N–H and O–H groups in total. The van der Waals surface area contributed by atoms with Crippen LogP contribution in [0, 0.1) is 11.8 Å². The van der Waals surface area contributed by atoms with Gasteiger partial charge in [0.2, 0.25) is 0 Å². The molecule has 0 saturated heterocycles. The number of rotatable bonds is 6. The van der Waals surface area contributed by atoms with Crippen molar-refractivity contribution >= 4 is 8.03 Å². The van der Waals surface area contributed by atoms with Crippen LogP contribution in [0.3, 0.4) is 0 Å². The normalized spacial score (nSPS) is 10.3. The first-order valence-electron chi connectivity index (χ1n) is 3.98. The molecule has 0 radical (unpaired) electrons. The van der Waals surface area contributed by atoms with E-state index in [0.29, 0.717) is 25.7 Å². The van der Waals surface area contributed by atoms with Crippen LogP contribution in [-0.4, -0.2) is 19.3 Å². The van der Waals surface area contributed by atoms with Crippen molar-refractivity contribution in [2.45, 2.75) is 19.8 Å². The van der Waals surface area contributed by atoms with Gasteiger partial charge < -0.3 is 5.73 Å². The summed E-state index contributed by atoms with van der Waals surface area (Å²) in [5, 5.41) is 0. The third-order valence-corrected chi connectivity index (χ3v) is 2.34. The van der Waals surface area contributed by atoms with E-state index in [1.54, 1.807) is 6.92 Å². The number of hydrogen-bond donors (Lipinski definition) is 1. The maximum Gasteiger partial charge on any atom is 0.508 e. The van der Waals surface area contributed by atoms with Crippen molar-refractivity contribution in [3.8, 4) is 11.8 Å². The van der Waals surface area contributed by atoms with Crippen LogP contribution in [0.25, 0.3) is 0 Å². The van der Waals surface area contributed by atoms with E-state index in [2.05, 4.69) is 11.8 Å². The summed E-state index contributed by atoms with van der Waals surface area (Å²) in [4.78, 5) is 0. The van der Waals surface area contributed by atoms with Crippen LogP contribution in [0.4, 0.5) is 0 Å². The summed E-state index contributed by atoms with van der Waals surface area (Å²) in [6.07, 6.45) is 1.97. The zero-order valence-corrected chi connectivity index (χ0v) is 8.27. The Kier molecular flexibility index (Phi) is 8.37. The molecule has 1 atom stereocenters. The lowest BCUT2D eigenvalue weighted by molar-refractivity contribution is 0.338. The Morgan fingerprint density at radius 2 is 2.33 bits per heavy atom. The summed E-state index contributed by atoms with van der Waals surface area (Å²) in [7, 11) is -1.50. The van der Waals surface area contributed by atoms with Gasteiger partial charge in [0.1, 0.15) is 6.61 Å². The van der Waals surface area contributed by atoms with Gasteiger partial charge in [-0.15, -0.1) is 16.4 Å². The van der Waals surface area contributed by atoms with E-state index in [0.717, 1.165) is 6.42 Å². The van der Waals surface area contributed by atoms with Crippen LogP contribution in [0.5, 0.6) is 0 Å².